The molecule has 0 atom stereocenters. The van der Waals surface area contributed by atoms with Crippen LogP contribution >= 0.6 is 0 Å². The topological polar surface area (TPSA) is 107 Å². The van der Waals surface area contributed by atoms with E-state index < -0.39 is 0 Å². The van der Waals surface area contributed by atoms with Crippen LogP contribution in [0.4, 0.5) is 0 Å². The van der Waals surface area contributed by atoms with E-state index in [2.05, 4.69) is 26.4 Å². The van der Waals surface area contributed by atoms with Gasteiger partial charge in [0.1, 0.15) is 5.76 Å². The first kappa shape index (κ1) is 14.7. The molecule has 7 nitrogen and oxygen atoms in total. The Hall–Kier alpha value is -3.18. The van der Waals surface area contributed by atoms with Gasteiger partial charge in [0, 0.05) is 28.6 Å². The second-order valence-electron chi connectivity index (χ2n) is 5.02. The van der Waals surface area contributed by atoms with Crippen LogP contribution in [0.1, 0.15) is 21.9 Å². The molecule has 2 aromatic heterocycles. The molecule has 0 radical (unpaired) electrons. The Bertz CT molecular complexity index is 873. The molecule has 0 fully saturated rings. The summed E-state index contributed by atoms with van der Waals surface area (Å²) in [6.45, 7) is 0.603. The Labute approximate surface area is 131 Å². The number of aromatic amines is 1. The number of furan rings is 1. The van der Waals surface area contributed by atoms with Gasteiger partial charge in [-0.3, -0.25) is 4.79 Å². The summed E-state index contributed by atoms with van der Waals surface area (Å²) in [7, 11) is 0. The molecular formula is C16H15N5O2. The maximum Gasteiger partial charge on any atom is 0.287 e. The summed E-state index contributed by atoms with van der Waals surface area (Å²) in [6.07, 6.45) is 2.68. The zero-order chi connectivity index (χ0) is 16.1. The Kier molecular flexibility index (Phi) is 4.31. The van der Waals surface area contributed by atoms with Gasteiger partial charge in [-0.05, 0) is 35.7 Å². The molecule has 0 saturated heterocycles. The number of H-pyrrole nitrogens is 1. The van der Waals surface area contributed by atoms with E-state index in [1.807, 2.05) is 24.4 Å². The van der Waals surface area contributed by atoms with Crippen LogP contribution in [0.2, 0.25) is 0 Å². The molecule has 1 aromatic carbocycles. The molecule has 0 aliphatic carbocycles. The number of para-hydroxylation sites is 1. The molecule has 116 valence electrons. The highest BCUT2D eigenvalue weighted by Gasteiger charge is 2.11. The van der Waals surface area contributed by atoms with Gasteiger partial charge in [0.05, 0.1) is 6.54 Å². The monoisotopic (exact) mass is 309 g/mol. The number of rotatable bonds is 6. The van der Waals surface area contributed by atoms with E-state index >= 15 is 0 Å². The minimum Gasteiger partial charge on any atom is -0.456 e. The first-order chi connectivity index (χ1) is 11.3. The standard InChI is InChI=1S/C16H15N5O2/c17-21-20-10-12-5-6-15(23-12)16(22)18-8-7-11-9-19-14-4-2-1-3-13(11)14/h1-6,9,19H,7-8,10H2,(H,18,22). The molecule has 2 heterocycles. The Morgan fingerprint density at radius 1 is 1.30 bits per heavy atom. The number of hydrogen-bond donors (Lipinski definition) is 2. The summed E-state index contributed by atoms with van der Waals surface area (Å²) >= 11 is 0. The van der Waals surface area contributed by atoms with Crippen LogP contribution < -0.4 is 5.32 Å². The maximum atomic E-state index is 12.0. The summed E-state index contributed by atoms with van der Waals surface area (Å²) < 4.78 is 5.32. The van der Waals surface area contributed by atoms with Crippen molar-refractivity contribution in [3.8, 4) is 0 Å². The van der Waals surface area contributed by atoms with E-state index in [4.69, 9.17) is 9.95 Å². The van der Waals surface area contributed by atoms with Crippen molar-refractivity contribution in [3.63, 3.8) is 0 Å². The summed E-state index contributed by atoms with van der Waals surface area (Å²) in [5, 5.41) is 7.38. The molecule has 0 saturated carbocycles. The van der Waals surface area contributed by atoms with Gasteiger partial charge in [0.2, 0.25) is 0 Å². The third kappa shape index (κ3) is 3.36. The van der Waals surface area contributed by atoms with Gasteiger partial charge in [-0.15, -0.1) is 0 Å². The average Bonchev–Trinajstić information content (AvgIpc) is 3.20. The molecule has 0 aliphatic heterocycles. The lowest BCUT2D eigenvalue weighted by atomic mass is 10.1. The lowest BCUT2D eigenvalue weighted by molar-refractivity contribution is 0.0924. The number of benzene rings is 1. The first-order valence-corrected chi connectivity index (χ1v) is 7.20. The van der Waals surface area contributed by atoms with Crippen molar-refractivity contribution in [1.29, 1.82) is 0 Å². The van der Waals surface area contributed by atoms with Crippen LogP contribution in [-0.2, 0) is 13.0 Å². The van der Waals surface area contributed by atoms with E-state index in [1.165, 1.54) is 0 Å². The Balaban J connectivity index is 1.57. The molecular weight excluding hydrogens is 294 g/mol. The van der Waals surface area contributed by atoms with Crippen molar-refractivity contribution < 1.29 is 9.21 Å². The van der Waals surface area contributed by atoms with Crippen LogP contribution in [0.5, 0.6) is 0 Å². The van der Waals surface area contributed by atoms with Gasteiger partial charge in [0.15, 0.2) is 5.76 Å². The number of carbonyl (C=O) groups excluding carboxylic acids is 1. The molecule has 0 spiro atoms. The molecule has 0 aliphatic rings. The fourth-order valence-electron chi connectivity index (χ4n) is 2.42. The predicted molar refractivity (Wildman–Crippen MR) is 85.9 cm³/mol. The van der Waals surface area contributed by atoms with E-state index in [-0.39, 0.29) is 18.2 Å². The van der Waals surface area contributed by atoms with Gasteiger partial charge in [-0.1, -0.05) is 23.3 Å². The van der Waals surface area contributed by atoms with Crippen molar-refractivity contribution >= 4 is 16.8 Å². The minimum atomic E-state index is -0.281. The summed E-state index contributed by atoms with van der Waals surface area (Å²) in [5.74, 6) is 0.397. The highest BCUT2D eigenvalue weighted by Crippen LogP contribution is 2.17. The summed E-state index contributed by atoms with van der Waals surface area (Å²) in [5.41, 5.74) is 10.5. The van der Waals surface area contributed by atoms with Crippen molar-refractivity contribution in [1.82, 2.24) is 10.3 Å². The molecule has 0 bridgehead atoms. The van der Waals surface area contributed by atoms with Crippen molar-refractivity contribution in [3.05, 3.63) is 70.1 Å². The van der Waals surface area contributed by atoms with Gasteiger partial charge in [-0.25, -0.2) is 0 Å². The zero-order valence-corrected chi connectivity index (χ0v) is 12.3. The number of fused-ring (bicyclic) bond motifs is 1. The van der Waals surface area contributed by atoms with E-state index in [1.54, 1.807) is 12.1 Å². The molecule has 3 rings (SSSR count). The maximum absolute atomic E-state index is 12.0. The third-order valence-electron chi connectivity index (χ3n) is 3.53. The second kappa shape index (κ2) is 6.72. The second-order valence-corrected chi connectivity index (χ2v) is 5.02. The summed E-state index contributed by atoms with van der Waals surface area (Å²) in [4.78, 5) is 17.9. The first-order valence-electron chi connectivity index (χ1n) is 7.20. The number of nitrogens with one attached hydrogen (secondary N) is 2. The normalized spacial score (nSPS) is 10.4. The van der Waals surface area contributed by atoms with Crippen LogP contribution in [-0.4, -0.2) is 17.4 Å². The predicted octanol–water partition coefficient (Wildman–Crippen LogP) is 3.54. The molecule has 2 N–H and O–H groups in total. The number of azide groups is 1. The number of nitrogens with zero attached hydrogens (tertiary/aromatic N) is 3. The number of hydrogen-bond acceptors (Lipinski definition) is 3. The molecule has 1 amide bonds. The fourth-order valence-corrected chi connectivity index (χ4v) is 2.42. The molecule has 0 unspecified atom stereocenters. The minimum absolute atomic E-state index is 0.0963. The largest absolute Gasteiger partial charge is 0.456 e. The van der Waals surface area contributed by atoms with E-state index in [0.717, 1.165) is 22.9 Å². The van der Waals surface area contributed by atoms with Crippen molar-refractivity contribution in [2.75, 3.05) is 6.54 Å². The third-order valence-corrected chi connectivity index (χ3v) is 3.53. The zero-order valence-electron chi connectivity index (χ0n) is 12.3. The van der Waals surface area contributed by atoms with Crippen LogP contribution in [0.15, 0.2) is 52.1 Å². The van der Waals surface area contributed by atoms with Crippen LogP contribution in [0.25, 0.3) is 21.3 Å². The van der Waals surface area contributed by atoms with E-state index in [9.17, 15) is 4.79 Å². The van der Waals surface area contributed by atoms with Gasteiger partial charge in [-0.2, -0.15) is 0 Å². The SMILES string of the molecule is [N-]=[N+]=NCc1ccc(C(=O)NCCc2c[nH]c3ccccc23)o1. The lowest BCUT2D eigenvalue weighted by Crippen LogP contribution is -2.25. The van der Waals surface area contributed by atoms with E-state index in [0.29, 0.717) is 12.3 Å². The Morgan fingerprint density at radius 3 is 3.04 bits per heavy atom. The quantitative estimate of drug-likeness (QED) is 0.412. The fraction of sp³-hybridized carbons (Fsp3) is 0.188. The average molecular weight is 309 g/mol. The highest BCUT2D eigenvalue weighted by molar-refractivity contribution is 5.91. The number of aromatic nitrogens is 1. The highest BCUT2D eigenvalue weighted by atomic mass is 16.4. The molecule has 7 heteroatoms. The van der Waals surface area contributed by atoms with Crippen molar-refractivity contribution in [2.24, 2.45) is 5.11 Å². The number of carbonyl (C=O) groups is 1. The van der Waals surface area contributed by atoms with Gasteiger partial charge in [0.25, 0.3) is 5.91 Å². The number of amides is 1. The molecule has 3 aromatic rings. The lowest BCUT2D eigenvalue weighted by Gasteiger charge is -2.02. The smallest absolute Gasteiger partial charge is 0.287 e. The van der Waals surface area contributed by atoms with Crippen molar-refractivity contribution in [2.45, 2.75) is 13.0 Å². The van der Waals surface area contributed by atoms with Gasteiger partial charge >= 0.3 is 0 Å². The summed E-state index contributed by atoms with van der Waals surface area (Å²) in [6, 6.07) is 11.2. The Morgan fingerprint density at radius 2 is 2.17 bits per heavy atom. The van der Waals surface area contributed by atoms with Gasteiger partial charge < -0.3 is 14.7 Å². The molecule has 23 heavy (non-hydrogen) atoms. The van der Waals surface area contributed by atoms with Crippen LogP contribution in [0, 0.1) is 0 Å². The van der Waals surface area contributed by atoms with Crippen LogP contribution in [0.3, 0.4) is 0 Å².